The zero-order valence-corrected chi connectivity index (χ0v) is 15.5. The van der Waals surface area contributed by atoms with E-state index >= 15 is 0 Å². The van der Waals surface area contributed by atoms with Gasteiger partial charge in [-0.2, -0.15) is 0 Å². The largest absolute Gasteiger partial charge is 0.350 e. The van der Waals surface area contributed by atoms with Gasteiger partial charge in [-0.1, -0.05) is 6.07 Å². The molecule has 7 heteroatoms. The molecule has 1 aromatic heterocycles. The van der Waals surface area contributed by atoms with Gasteiger partial charge < -0.3 is 10.6 Å². The van der Waals surface area contributed by atoms with Crippen molar-refractivity contribution in [3.63, 3.8) is 0 Å². The third-order valence-electron chi connectivity index (χ3n) is 3.87. The second-order valence-electron chi connectivity index (χ2n) is 6.18. The Morgan fingerprint density at radius 1 is 1.04 bits per heavy atom. The van der Waals surface area contributed by atoms with Crippen molar-refractivity contribution in [2.24, 2.45) is 0 Å². The van der Waals surface area contributed by atoms with Crippen LogP contribution in [0.4, 0.5) is 11.4 Å². The Balaban J connectivity index is 1.95. The molecule has 0 saturated heterocycles. The van der Waals surface area contributed by atoms with Crippen molar-refractivity contribution >= 4 is 46.0 Å². The van der Waals surface area contributed by atoms with E-state index in [4.69, 9.17) is 0 Å². The zero-order chi connectivity index (χ0) is 18.8. The molecule has 26 heavy (non-hydrogen) atoms. The van der Waals surface area contributed by atoms with Crippen LogP contribution in [0.25, 0.3) is 5.57 Å². The van der Waals surface area contributed by atoms with E-state index < -0.39 is 0 Å². The van der Waals surface area contributed by atoms with E-state index in [1.54, 1.807) is 24.3 Å². The van der Waals surface area contributed by atoms with E-state index in [0.717, 1.165) is 4.88 Å². The first-order chi connectivity index (χ1) is 12.4. The van der Waals surface area contributed by atoms with Gasteiger partial charge in [0.1, 0.15) is 5.70 Å². The molecule has 3 amide bonds. The Bertz CT molecular complexity index is 883. The van der Waals surface area contributed by atoms with Crippen molar-refractivity contribution in [1.29, 1.82) is 0 Å². The predicted octanol–water partition coefficient (Wildman–Crippen LogP) is 3.31. The molecule has 1 aromatic carbocycles. The maximum Gasteiger partial charge on any atom is 0.278 e. The number of nitrogens with zero attached hydrogens (tertiary/aromatic N) is 1. The molecule has 0 aliphatic carbocycles. The highest BCUT2D eigenvalue weighted by molar-refractivity contribution is 7.11. The smallest absolute Gasteiger partial charge is 0.278 e. The Labute approximate surface area is 155 Å². The quantitative estimate of drug-likeness (QED) is 0.793. The molecule has 2 aromatic rings. The van der Waals surface area contributed by atoms with Crippen LogP contribution in [0.5, 0.6) is 0 Å². The summed E-state index contributed by atoms with van der Waals surface area (Å²) in [6.07, 6.45) is 0. The van der Waals surface area contributed by atoms with Crippen LogP contribution in [0.15, 0.2) is 47.5 Å². The fraction of sp³-hybridized carbons (Fsp3) is 0.211. The van der Waals surface area contributed by atoms with Crippen LogP contribution in [0.1, 0.15) is 25.6 Å². The zero-order valence-electron chi connectivity index (χ0n) is 14.7. The fourth-order valence-electron chi connectivity index (χ4n) is 2.77. The molecule has 0 bridgehead atoms. The van der Waals surface area contributed by atoms with E-state index in [9.17, 15) is 14.4 Å². The van der Waals surface area contributed by atoms with Crippen molar-refractivity contribution in [2.75, 3.05) is 10.6 Å². The summed E-state index contributed by atoms with van der Waals surface area (Å²) in [6.45, 7) is 5.06. The SMILES string of the molecule is CC(=O)Nc1ccc(NC2=C(c3cccs3)C(=O)N(C(C)C)C2=O)cc1. The van der Waals surface area contributed by atoms with E-state index in [1.165, 1.54) is 23.2 Å². The molecule has 0 fully saturated rings. The summed E-state index contributed by atoms with van der Waals surface area (Å²) < 4.78 is 0. The monoisotopic (exact) mass is 369 g/mol. The van der Waals surface area contributed by atoms with Crippen LogP contribution in [0, 0.1) is 0 Å². The summed E-state index contributed by atoms with van der Waals surface area (Å²) in [6, 6.07) is 10.4. The van der Waals surface area contributed by atoms with Crippen molar-refractivity contribution in [2.45, 2.75) is 26.8 Å². The summed E-state index contributed by atoms with van der Waals surface area (Å²) in [5.41, 5.74) is 1.99. The number of hydrogen-bond acceptors (Lipinski definition) is 5. The first-order valence-electron chi connectivity index (χ1n) is 8.19. The molecule has 0 saturated carbocycles. The molecule has 0 atom stereocenters. The second-order valence-corrected chi connectivity index (χ2v) is 7.13. The molecular formula is C19H19N3O3S. The first-order valence-corrected chi connectivity index (χ1v) is 9.07. The topological polar surface area (TPSA) is 78.5 Å². The summed E-state index contributed by atoms with van der Waals surface area (Å²) >= 11 is 1.42. The number of benzene rings is 1. The molecule has 6 nitrogen and oxygen atoms in total. The fourth-order valence-corrected chi connectivity index (χ4v) is 3.53. The minimum absolute atomic E-state index is 0.155. The number of anilines is 2. The average Bonchev–Trinajstić information content (AvgIpc) is 3.16. The van der Waals surface area contributed by atoms with Crippen molar-refractivity contribution in [3.8, 4) is 0 Å². The minimum Gasteiger partial charge on any atom is -0.350 e. The molecule has 2 N–H and O–H groups in total. The number of amides is 3. The van der Waals surface area contributed by atoms with Gasteiger partial charge in [-0.3, -0.25) is 19.3 Å². The third-order valence-corrected chi connectivity index (χ3v) is 4.76. The molecule has 1 aliphatic rings. The maximum atomic E-state index is 12.8. The molecule has 0 spiro atoms. The lowest BCUT2D eigenvalue weighted by molar-refractivity contribution is -0.138. The number of imide groups is 1. The van der Waals surface area contributed by atoms with E-state index in [0.29, 0.717) is 16.9 Å². The van der Waals surface area contributed by atoms with Gasteiger partial charge in [-0.25, -0.2) is 0 Å². The molecule has 0 radical (unpaired) electrons. The van der Waals surface area contributed by atoms with Gasteiger partial charge in [0.15, 0.2) is 0 Å². The van der Waals surface area contributed by atoms with E-state index in [1.807, 2.05) is 31.4 Å². The number of hydrogen-bond donors (Lipinski definition) is 2. The van der Waals surface area contributed by atoms with Gasteiger partial charge >= 0.3 is 0 Å². The highest BCUT2D eigenvalue weighted by Gasteiger charge is 2.40. The van der Waals surface area contributed by atoms with Gasteiger partial charge in [0, 0.05) is 29.2 Å². The second kappa shape index (κ2) is 7.13. The molecular weight excluding hydrogens is 350 g/mol. The predicted molar refractivity (Wildman–Crippen MR) is 103 cm³/mol. The van der Waals surface area contributed by atoms with Gasteiger partial charge in [-0.15, -0.1) is 11.3 Å². The van der Waals surface area contributed by atoms with Gasteiger partial charge in [-0.05, 0) is 49.6 Å². The molecule has 3 rings (SSSR count). The van der Waals surface area contributed by atoms with Crippen LogP contribution >= 0.6 is 11.3 Å². The van der Waals surface area contributed by atoms with Crippen LogP contribution in [0.3, 0.4) is 0 Å². The summed E-state index contributed by atoms with van der Waals surface area (Å²) in [5.74, 6) is -0.776. The highest BCUT2D eigenvalue weighted by atomic mass is 32.1. The Kier molecular flexibility index (Phi) is 4.90. The molecule has 1 aliphatic heterocycles. The molecule has 134 valence electrons. The Hall–Kier alpha value is -2.93. The third kappa shape index (κ3) is 3.39. The Morgan fingerprint density at radius 2 is 1.69 bits per heavy atom. The first kappa shape index (κ1) is 17.9. The minimum atomic E-state index is -0.334. The van der Waals surface area contributed by atoms with Crippen LogP contribution in [-0.2, 0) is 14.4 Å². The van der Waals surface area contributed by atoms with E-state index in [2.05, 4.69) is 10.6 Å². The number of carbonyl (C=O) groups is 3. The van der Waals surface area contributed by atoms with Crippen LogP contribution < -0.4 is 10.6 Å². The normalized spacial score (nSPS) is 14.4. The number of thiophene rings is 1. The average molecular weight is 369 g/mol. The summed E-state index contributed by atoms with van der Waals surface area (Å²) in [5, 5.41) is 7.65. The van der Waals surface area contributed by atoms with Crippen molar-refractivity contribution in [3.05, 3.63) is 52.4 Å². The number of carbonyl (C=O) groups excluding carboxylic acids is 3. The van der Waals surface area contributed by atoms with Crippen molar-refractivity contribution < 1.29 is 14.4 Å². The van der Waals surface area contributed by atoms with Gasteiger partial charge in [0.2, 0.25) is 5.91 Å². The van der Waals surface area contributed by atoms with Gasteiger partial charge in [0.25, 0.3) is 11.8 Å². The Morgan fingerprint density at radius 3 is 2.23 bits per heavy atom. The maximum absolute atomic E-state index is 12.8. The van der Waals surface area contributed by atoms with Crippen molar-refractivity contribution in [1.82, 2.24) is 4.90 Å². The number of rotatable bonds is 5. The van der Waals surface area contributed by atoms with E-state index in [-0.39, 0.29) is 29.5 Å². The van der Waals surface area contributed by atoms with Gasteiger partial charge in [0.05, 0.1) is 5.57 Å². The number of nitrogens with one attached hydrogen (secondary N) is 2. The summed E-state index contributed by atoms with van der Waals surface area (Å²) in [7, 11) is 0. The molecule has 0 unspecified atom stereocenters. The highest BCUT2D eigenvalue weighted by Crippen LogP contribution is 2.33. The lowest BCUT2D eigenvalue weighted by Gasteiger charge is -2.19. The summed E-state index contributed by atoms with van der Waals surface area (Å²) in [4.78, 5) is 38.7. The van der Waals surface area contributed by atoms with Crippen LogP contribution in [-0.4, -0.2) is 28.7 Å². The standard InChI is InChI=1S/C19H19N3O3S/c1-11(2)22-18(24)16(15-5-4-10-26-15)17(19(22)25)21-14-8-6-13(7-9-14)20-12(3)23/h4-11,21H,1-3H3,(H,20,23). The van der Waals surface area contributed by atoms with Crippen LogP contribution in [0.2, 0.25) is 0 Å². The molecule has 2 heterocycles. The lowest BCUT2D eigenvalue weighted by atomic mass is 10.2. The lowest BCUT2D eigenvalue weighted by Crippen LogP contribution is -2.38.